The molecule has 29 heavy (non-hydrogen) atoms. The second-order valence-electron chi connectivity index (χ2n) is 8.90. The summed E-state index contributed by atoms with van der Waals surface area (Å²) in [6.45, 7) is 2.80. The van der Waals surface area contributed by atoms with Gasteiger partial charge in [0.25, 0.3) is 0 Å². The van der Waals surface area contributed by atoms with Gasteiger partial charge in [0.15, 0.2) is 0 Å². The molecular formula is C21H38N2O6. The van der Waals surface area contributed by atoms with Crippen molar-refractivity contribution in [2.24, 2.45) is 11.8 Å². The number of carbonyl (C=O) groups is 2. The number of nitrogens with zero attached hydrogens (tertiary/aromatic N) is 2. The number of aliphatic hydroxyl groups is 2. The average Bonchev–Trinajstić information content (AvgIpc) is 2.67. The van der Waals surface area contributed by atoms with Crippen LogP contribution in [0.4, 0.5) is 9.59 Å². The zero-order chi connectivity index (χ0) is 21.6. The molecule has 0 aromatic carbocycles. The minimum absolute atomic E-state index is 0.00942. The van der Waals surface area contributed by atoms with Crippen molar-refractivity contribution in [3.8, 4) is 0 Å². The van der Waals surface area contributed by atoms with Gasteiger partial charge in [0.2, 0.25) is 0 Å². The molecule has 0 aliphatic heterocycles. The van der Waals surface area contributed by atoms with Gasteiger partial charge in [-0.1, -0.05) is 38.5 Å². The van der Waals surface area contributed by atoms with Gasteiger partial charge in [0, 0.05) is 0 Å². The van der Waals surface area contributed by atoms with Crippen LogP contribution in [0.25, 0.3) is 0 Å². The van der Waals surface area contributed by atoms with E-state index in [0.29, 0.717) is 0 Å². The normalized spacial score (nSPS) is 23.0. The van der Waals surface area contributed by atoms with Crippen molar-refractivity contribution < 1.29 is 30.0 Å². The number of rotatable bonds is 8. The second kappa shape index (κ2) is 11.0. The maximum absolute atomic E-state index is 12.1. The third kappa shape index (κ3) is 6.22. The maximum atomic E-state index is 12.1. The fourth-order valence-corrected chi connectivity index (χ4v) is 5.50. The molecule has 2 rings (SSSR count). The van der Waals surface area contributed by atoms with Gasteiger partial charge in [0.05, 0.1) is 24.3 Å². The van der Waals surface area contributed by atoms with Crippen LogP contribution in [0.5, 0.6) is 0 Å². The second-order valence-corrected chi connectivity index (χ2v) is 8.90. The van der Waals surface area contributed by atoms with E-state index < -0.39 is 36.5 Å². The third-order valence-electron chi connectivity index (χ3n) is 6.77. The summed E-state index contributed by atoms with van der Waals surface area (Å²) in [6.07, 6.45) is 5.20. The van der Waals surface area contributed by atoms with E-state index in [9.17, 15) is 30.0 Å². The highest BCUT2D eigenvalue weighted by Crippen LogP contribution is 2.34. The Hall–Kier alpha value is -1.54. The van der Waals surface area contributed by atoms with Crippen LogP contribution in [0.3, 0.4) is 0 Å². The largest absolute Gasteiger partial charge is 0.465 e. The minimum Gasteiger partial charge on any atom is -0.465 e. The summed E-state index contributed by atoms with van der Waals surface area (Å²) in [5.41, 5.74) is 0. The van der Waals surface area contributed by atoms with Crippen LogP contribution in [-0.2, 0) is 0 Å². The predicted octanol–water partition coefficient (Wildman–Crippen LogP) is 3.56. The lowest BCUT2D eigenvalue weighted by Crippen LogP contribution is -2.59. The summed E-state index contributed by atoms with van der Waals surface area (Å²) in [5.74, 6) is 0.0188. The lowest BCUT2D eigenvalue weighted by molar-refractivity contribution is -0.0374. The number of carboxylic acid groups (broad SMARTS) is 2. The molecule has 8 heteroatoms. The van der Waals surface area contributed by atoms with Crippen LogP contribution >= 0.6 is 0 Å². The van der Waals surface area contributed by atoms with Crippen LogP contribution in [-0.4, -0.2) is 73.4 Å². The van der Waals surface area contributed by atoms with Gasteiger partial charge in [-0.05, 0) is 51.4 Å². The topological polar surface area (TPSA) is 122 Å². The van der Waals surface area contributed by atoms with Gasteiger partial charge >= 0.3 is 12.2 Å². The first-order valence-corrected chi connectivity index (χ1v) is 11.1. The van der Waals surface area contributed by atoms with E-state index >= 15 is 0 Å². The minimum atomic E-state index is -1.24. The van der Waals surface area contributed by atoms with Gasteiger partial charge in [-0.3, -0.25) is 9.80 Å². The highest BCUT2D eigenvalue weighted by molar-refractivity contribution is 5.69. The molecule has 0 aromatic heterocycles. The smallest absolute Gasteiger partial charge is 0.409 e. The molecule has 2 amide bonds. The molecule has 0 bridgehead atoms. The molecule has 8 nitrogen and oxygen atoms in total. The lowest BCUT2D eigenvalue weighted by Gasteiger charge is -2.44. The highest BCUT2D eigenvalue weighted by atomic mass is 16.4. The Labute approximate surface area is 173 Å². The molecule has 4 unspecified atom stereocenters. The van der Waals surface area contributed by atoms with E-state index in [1.807, 2.05) is 0 Å². The van der Waals surface area contributed by atoms with Gasteiger partial charge in [0.1, 0.15) is 6.67 Å². The molecule has 2 saturated carbocycles. The molecule has 0 spiro atoms. The van der Waals surface area contributed by atoms with Crippen molar-refractivity contribution in [3.63, 3.8) is 0 Å². The summed E-state index contributed by atoms with van der Waals surface area (Å²) < 4.78 is 0. The Morgan fingerprint density at radius 3 is 1.28 bits per heavy atom. The van der Waals surface area contributed by atoms with Crippen molar-refractivity contribution in [1.29, 1.82) is 0 Å². The van der Waals surface area contributed by atoms with Crippen LogP contribution in [0.2, 0.25) is 0 Å². The Morgan fingerprint density at radius 1 is 0.724 bits per heavy atom. The summed E-state index contributed by atoms with van der Waals surface area (Å²) >= 11 is 0. The third-order valence-corrected chi connectivity index (χ3v) is 6.77. The van der Waals surface area contributed by atoms with Crippen LogP contribution in [0, 0.1) is 11.8 Å². The van der Waals surface area contributed by atoms with Crippen LogP contribution in [0.15, 0.2) is 0 Å². The molecule has 0 radical (unpaired) electrons. The first-order chi connectivity index (χ1) is 13.7. The molecule has 0 saturated heterocycles. The summed E-state index contributed by atoms with van der Waals surface area (Å²) in [6, 6.07) is -1.31. The van der Waals surface area contributed by atoms with Gasteiger partial charge in [-0.25, -0.2) is 9.59 Å². The Morgan fingerprint density at radius 2 is 1.03 bits per heavy atom. The average molecular weight is 415 g/mol. The van der Waals surface area contributed by atoms with E-state index in [1.54, 1.807) is 13.8 Å². The molecule has 0 heterocycles. The van der Waals surface area contributed by atoms with Gasteiger partial charge in [-0.15, -0.1) is 0 Å². The van der Waals surface area contributed by atoms with E-state index in [2.05, 4.69) is 0 Å². The van der Waals surface area contributed by atoms with Crippen molar-refractivity contribution in [3.05, 3.63) is 0 Å². The standard InChI is InChI=1S/C21H38N2O6/c1-14(24)18(16-9-5-3-6-10-16)22(20(26)27)13-23(21(28)29)19(15(2)25)17-11-7-4-8-12-17/h14-19,24-25H,3-13H2,1-2H3,(H,26,27)(H,28,29). The Kier molecular flexibility index (Phi) is 9.02. The number of amides is 2. The van der Waals surface area contributed by atoms with E-state index in [-0.39, 0.29) is 18.5 Å². The van der Waals surface area contributed by atoms with E-state index in [1.165, 1.54) is 0 Å². The van der Waals surface area contributed by atoms with Crippen LogP contribution in [0.1, 0.15) is 78.1 Å². The quantitative estimate of drug-likeness (QED) is 0.451. The first-order valence-electron chi connectivity index (χ1n) is 11.1. The van der Waals surface area contributed by atoms with Crippen molar-refractivity contribution >= 4 is 12.2 Å². The monoisotopic (exact) mass is 414 g/mol. The van der Waals surface area contributed by atoms with Gasteiger partial charge < -0.3 is 20.4 Å². The highest BCUT2D eigenvalue weighted by Gasteiger charge is 2.41. The van der Waals surface area contributed by atoms with Crippen molar-refractivity contribution in [2.75, 3.05) is 6.67 Å². The summed E-state index contributed by atoms with van der Waals surface area (Å²) in [7, 11) is 0. The molecule has 2 fully saturated rings. The SMILES string of the molecule is CC(O)C(C1CCCCC1)N(CN(C(=O)O)C(C(C)O)C1CCCCC1)C(=O)O. The predicted molar refractivity (Wildman–Crippen MR) is 109 cm³/mol. The zero-order valence-electron chi connectivity index (χ0n) is 17.7. The fraction of sp³-hybridized carbons (Fsp3) is 0.905. The first kappa shape index (κ1) is 23.7. The van der Waals surface area contributed by atoms with Crippen LogP contribution < -0.4 is 0 Å². The lowest BCUT2D eigenvalue weighted by atomic mass is 9.80. The Balaban J connectivity index is 2.28. The molecule has 168 valence electrons. The molecule has 4 N–H and O–H groups in total. The summed E-state index contributed by atoms with van der Waals surface area (Å²) in [5, 5.41) is 40.7. The fourth-order valence-electron chi connectivity index (χ4n) is 5.50. The zero-order valence-corrected chi connectivity index (χ0v) is 17.7. The molecule has 4 atom stereocenters. The number of hydrogen-bond acceptors (Lipinski definition) is 4. The van der Waals surface area contributed by atoms with Crippen molar-refractivity contribution in [2.45, 2.75) is 102 Å². The van der Waals surface area contributed by atoms with Gasteiger partial charge in [-0.2, -0.15) is 0 Å². The molecule has 2 aliphatic carbocycles. The molecular weight excluding hydrogens is 376 g/mol. The van der Waals surface area contributed by atoms with E-state index in [4.69, 9.17) is 0 Å². The Bertz CT molecular complexity index is 483. The number of hydrogen-bond donors (Lipinski definition) is 4. The van der Waals surface area contributed by atoms with E-state index in [0.717, 1.165) is 74.0 Å². The van der Waals surface area contributed by atoms with Crippen molar-refractivity contribution in [1.82, 2.24) is 9.80 Å². The molecule has 0 aromatic rings. The summed E-state index contributed by atoms with van der Waals surface area (Å²) in [4.78, 5) is 26.5. The number of aliphatic hydroxyl groups excluding tert-OH is 2. The molecule has 2 aliphatic rings. The maximum Gasteiger partial charge on any atom is 0.409 e.